The smallest absolute Gasteiger partial charge is 0.306 e. The van der Waals surface area contributed by atoms with Crippen molar-refractivity contribution in [2.45, 2.75) is 136 Å². The molecule has 37 heavy (non-hydrogen) atoms. The zero-order chi connectivity index (χ0) is 27.6. The van der Waals surface area contributed by atoms with Crippen molar-refractivity contribution in [2.75, 3.05) is 13.2 Å². The van der Waals surface area contributed by atoms with Crippen molar-refractivity contribution < 1.29 is 33.0 Å². The van der Waals surface area contributed by atoms with E-state index in [0.29, 0.717) is 19.4 Å². The Hall–Kier alpha value is -1.22. The molecule has 0 N–H and O–H groups in total. The molecule has 0 radical (unpaired) electrons. The van der Waals surface area contributed by atoms with Gasteiger partial charge >= 0.3 is 11.9 Å². The van der Waals surface area contributed by atoms with Crippen LogP contribution in [0.4, 0.5) is 0 Å². The van der Waals surface area contributed by atoms with E-state index in [1.807, 2.05) is 13.8 Å². The van der Waals surface area contributed by atoms with Crippen LogP contribution in [0.15, 0.2) is 12.2 Å². The van der Waals surface area contributed by atoms with Gasteiger partial charge in [0.05, 0.1) is 12.2 Å². The monoisotopic (exact) mass is 540 g/mol. The maximum Gasteiger partial charge on any atom is 0.306 e. The van der Waals surface area contributed by atoms with E-state index in [4.69, 9.17) is 23.4 Å². The summed E-state index contributed by atoms with van der Waals surface area (Å²) in [6.07, 6.45) is 10.2. The van der Waals surface area contributed by atoms with Crippen LogP contribution in [0.5, 0.6) is 0 Å². The summed E-state index contributed by atoms with van der Waals surface area (Å²) < 4.78 is 30.1. The number of esters is 2. The van der Waals surface area contributed by atoms with Crippen LogP contribution in [0, 0.1) is 11.8 Å². The molecule has 2 aliphatic rings. The number of ether oxygens (including phenoxy) is 4. The predicted molar refractivity (Wildman–Crippen MR) is 148 cm³/mol. The first kappa shape index (κ1) is 32.0. The second kappa shape index (κ2) is 14.8. The van der Waals surface area contributed by atoms with E-state index >= 15 is 0 Å². The molecule has 1 aliphatic heterocycles. The number of carbonyl (C=O) groups excluding carboxylic acids is 2. The molecule has 0 spiro atoms. The van der Waals surface area contributed by atoms with Gasteiger partial charge in [0, 0.05) is 44.8 Å². The Morgan fingerprint density at radius 3 is 2.41 bits per heavy atom. The van der Waals surface area contributed by atoms with Crippen LogP contribution in [0.1, 0.15) is 92.9 Å². The summed E-state index contributed by atoms with van der Waals surface area (Å²) in [7, 11) is -1.97. The Balaban J connectivity index is 2.10. The summed E-state index contributed by atoms with van der Waals surface area (Å²) in [5.41, 5.74) is 0. The standard InChI is InChI=1S/C29H52O7Si/c1-21(2)34-27(31)16-12-10-9-11-15-23-24(20-33-37(7,8)29(4,5)6)26(19-25(23)35-22(3)30)36-28-17-13-14-18-32-28/h9,11,21,23-26,28H,10,12-20H2,1-8H3/t23-,24+,25+,26-,28?/m1/s1. The van der Waals surface area contributed by atoms with E-state index in [9.17, 15) is 9.59 Å². The summed E-state index contributed by atoms with van der Waals surface area (Å²) in [5.74, 6) is -0.206. The van der Waals surface area contributed by atoms with Gasteiger partial charge in [-0.05, 0) is 70.5 Å². The summed E-state index contributed by atoms with van der Waals surface area (Å²) in [4.78, 5) is 23.8. The van der Waals surface area contributed by atoms with Gasteiger partial charge in [-0.25, -0.2) is 0 Å². The zero-order valence-corrected chi connectivity index (χ0v) is 25.5. The van der Waals surface area contributed by atoms with Gasteiger partial charge in [0.15, 0.2) is 14.6 Å². The van der Waals surface area contributed by atoms with Crippen LogP contribution in [0.25, 0.3) is 0 Å². The molecule has 1 aliphatic carbocycles. The van der Waals surface area contributed by atoms with Crippen molar-refractivity contribution in [1.82, 2.24) is 0 Å². The molecule has 0 aromatic heterocycles. The summed E-state index contributed by atoms with van der Waals surface area (Å²) in [5, 5.41) is 0.107. The largest absolute Gasteiger partial charge is 0.463 e. The van der Waals surface area contributed by atoms with Crippen LogP contribution in [0.2, 0.25) is 18.1 Å². The molecule has 1 saturated carbocycles. The van der Waals surface area contributed by atoms with Crippen LogP contribution in [-0.4, -0.2) is 58.1 Å². The normalized spacial score (nSPS) is 27.1. The minimum absolute atomic E-state index is 0.0803. The molecule has 0 bridgehead atoms. The highest BCUT2D eigenvalue weighted by molar-refractivity contribution is 6.74. The molecule has 2 fully saturated rings. The minimum Gasteiger partial charge on any atom is -0.463 e. The van der Waals surface area contributed by atoms with Crippen molar-refractivity contribution >= 4 is 20.3 Å². The molecule has 214 valence electrons. The zero-order valence-electron chi connectivity index (χ0n) is 24.5. The van der Waals surface area contributed by atoms with Gasteiger partial charge in [-0.3, -0.25) is 9.59 Å². The minimum atomic E-state index is -1.97. The third-order valence-corrected chi connectivity index (χ3v) is 12.4. The maximum absolute atomic E-state index is 12.0. The van der Waals surface area contributed by atoms with Crippen molar-refractivity contribution in [2.24, 2.45) is 11.8 Å². The Morgan fingerprint density at radius 1 is 1.08 bits per heavy atom. The molecule has 0 aromatic carbocycles. The average molecular weight is 541 g/mol. The lowest BCUT2D eigenvalue weighted by molar-refractivity contribution is -0.198. The second-order valence-electron chi connectivity index (χ2n) is 12.4. The van der Waals surface area contributed by atoms with E-state index in [1.54, 1.807) is 0 Å². The summed E-state index contributed by atoms with van der Waals surface area (Å²) >= 11 is 0. The molecule has 5 atom stereocenters. The molecule has 1 unspecified atom stereocenters. The van der Waals surface area contributed by atoms with Gasteiger partial charge in [-0.1, -0.05) is 32.9 Å². The number of carbonyl (C=O) groups is 2. The number of unbranched alkanes of at least 4 members (excludes halogenated alkanes) is 1. The fraction of sp³-hybridized carbons (Fsp3) is 0.862. The lowest BCUT2D eigenvalue weighted by Gasteiger charge is -2.38. The number of allylic oxidation sites excluding steroid dienone is 2. The van der Waals surface area contributed by atoms with Crippen LogP contribution in [0.3, 0.4) is 0 Å². The van der Waals surface area contributed by atoms with Crippen LogP contribution < -0.4 is 0 Å². The molecular weight excluding hydrogens is 488 g/mol. The van der Waals surface area contributed by atoms with Gasteiger partial charge < -0.3 is 23.4 Å². The van der Waals surface area contributed by atoms with E-state index < -0.39 is 8.32 Å². The van der Waals surface area contributed by atoms with E-state index in [-0.39, 0.29) is 53.4 Å². The number of hydrogen-bond donors (Lipinski definition) is 0. The lowest BCUT2D eigenvalue weighted by atomic mass is 9.91. The molecule has 1 saturated heterocycles. The summed E-state index contributed by atoms with van der Waals surface area (Å²) in [6.45, 7) is 17.8. The summed E-state index contributed by atoms with van der Waals surface area (Å²) in [6, 6.07) is 0. The molecule has 2 rings (SSSR count). The van der Waals surface area contributed by atoms with Crippen LogP contribution >= 0.6 is 0 Å². The Morgan fingerprint density at radius 2 is 1.81 bits per heavy atom. The predicted octanol–water partition coefficient (Wildman–Crippen LogP) is 6.56. The van der Waals surface area contributed by atoms with Crippen molar-refractivity contribution in [1.29, 1.82) is 0 Å². The van der Waals surface area contributed by atoms with E-state index in [2.05, 4.69) is 46.0 Å². The van der Waals surface area contributed by atoms with Gasteiger partial charge in [0.1, 0.15) is 6.10 Å². The lowest BCUT2D eigenvalue weighted by Crippen LogP contribution is -2.44. The quantitative estimate of drug-likeness (QED) is 0.113. The van der Waals surface area contributed by atoms with Gasteiger partial charge in [0.25, 0.3) is 0 Å². The van der Waals surface area contributed by atoms with Crippen molar-refractivity contribution in [3.8, 4) is 0 Å². The van der Waals surface area contributed by atoms with Crippen LogP contribution in [-0.2, 0) is 33.0 Å². The maximum atomic E-state index is 12.0. The third kappa shape index (κ3) is 10.8. The number of hydrogen-bond acceptors (Lipinski definition) is 7. The average Bonchev–Trinajstić information content (AvgIpc) is 3.09. The SMILES string of the molecule is CC(=O)O[C@H]1C[C@@H](OC2CCCCO2)[C@@H](CO[Si](C)(C)C(C)(C)C)[C@H]1CC=CCCCC(=O)OC(C)C. The van der Waals surface area contributed by atoms with Gasteiger partial charge in [0.2, 0.25) is 0 Å². The first-order chi connectivity index (χ1) is 17.3. The molecule has 1 heterocycles. The molecule has 7 nitrogen and oxygen atoms in total. The number of rotatable bonds is 13. The Labute approximate surface area is 226 Å². The van der Waals surface area contributed by atoms with E-state index in [1.165, 1.54) is 6.92 Å². The first-order valence-electron chi connectivity index (χ1n) is 14.2. The fourth-order valence-corrected chi connectivity index (χ4v) is 5.83. The van der Waals surface area contributed by atoms with Crippen molar-refractivity contribution in [3.63, 3.8) is 0 Å². The van der Waals surface area contributed by atoms with Gasteiger partial charge in [-0.2, -0.15) is 0 Å². The van der Waals surface area contributed by atoms with E-state index in [0.717, 1.165) is 45.1 Å². The van der Waals surface area contributed by atoms with Gasteiger partial charge in [-0.15, -0.1) is 0 Å². The molecule has 0 aromatic rings. The fourth-order valence-electron chi connectivity index (χ4n) is 4.78. The highest BCUT2D eigenvalue weighted by Gasteiger charge is 2.48. The van der Waals surface area contributed by atoms with Crippen molar-refractivity contribution in [3.05, 3.63) is 12.2 Å². The molecular formula is C29H52O7Si. The Bertz CT molecular complexity index is 737. The molecule has 0 amide bonds. The molecule has 8 heteroatoms. The highest BCUT2D eigenvalue weighted by atomic mass is 28.4. The second-order valence-corrected chi connectivity index (χ2v) is 17.2. The third-order valence-electron chi connectivity index (χ3n) is 7.89. The first-order valence-corrected chi connectivity index (χ1v) is 17.1. The topological polar surface area (TPSA) is 80.3 Å². The Kier molecular flexibility index (Phi) is 12.8. The highest BCUT2D eigenvalue weighted by Crippen LogP contribution is 2.43.